The van der Waals surface area contributed by atoms with E-state index in [4.69, 9.17) is 11.6 Å². The van der Waals surface area contributed by atoms with Gasteiger partial charge in [-0.25, -0.2) is 4.39 Å². The lowest BCUT2D eigenvalue weighted by Gasteiger charge is -2.13. The van der Waals surface area contributed by atoms with Crippen molar-refractivity contribution in [3.63, 3.8) is 0 Å². The van der Waals surface area contributed by atoms with Crippen molar-refractivity contribution < 1.29 is 9.18 Å². The maximum absolute atomic E-state index is 13.7. The van der Waals surface area contributed by atoms with E-state index in [1.165, 1.54) is 12.1 Å². The average molecular weight is 292 g/mol. The largest absolute Gasteiger partial charge is 0.321 e. The molecule has 0 atom stereocenters. The van der Waals surface area contributed by atoms with Gasteiger partial charge in [0.15, 0.2) is 0 Å². The van der Waals surface area contributed by atoms with E-state index in [2.05, 4.69) is 5.32 Å². The molecule has 0 aliphatic carbocycles. The van der Waals surface area contributed by atoms with Crippen LogP contribution >= 0.6 is 11.6 Å². The zero-order valence-corrected chi connectivity index (χ0v) is 12.1. The van der Waals surface area contributed by atoms with Gasteiger partial charge in [0, 0.05) is 10.7 Å². The molecule has 1 amide bonds. The lowest BCUT2D eigenvalue weighted by atomic mass is 10.1. The van der Waals surface area contributed by atoms with Crippen LogP contribution in [0.2, 0.25) is 5.02 Å². The van der Waals surface area contributed by atoms with Crippen LogP contribution < -0.4 is 5.32 Å². The SMILES string of the molecule is CCc1cccc(C)c1NC(=O)c1ccc(Cl)cc1F. The number of halogens is 2. The Hall–Kier alpha value is -1.87. The van der Waals surface area contributed by atoms with Crippen molar-refractivity contribution in [3.05, 3.63) is 63.9 Å². The Morgan fingerprint density at radius 3 is 2.70 bits per heavy atom. The van der Waals surface area contributed by atoms with Crippen LogP contribution in [0.1, 0.15) is 28.4 Å². The highest BCUT2D eigenvalue weighted by Crippen LogP contribution is 2.23. The van der Waals surface area contributed by atoms with Gasteiger partial charge in [0.2, 0.25) is 0 Å². The summed E-state index contributed by atoms with van der Waals surface area (Å²) in [6.07, 6.45) is 0.792. The summed E-state index contributed by atoms with van der Waals surface area (Å²) in [4.78, 5) is 12.2. The number of nitrogens with one attached hydrogen (secondary N) is 1. The number of para-hydroxylation sites is 1. The van der Waals surface area contributed by atoms with Crippen LogP contribution in [0.5, 0.6) is 0 Å². The molecule has 104 valence electrons. The molecule has 0 unspecified atom stereocenters. The van der Waals surface area contributed by atoms with Crippen molar-refractivity contribution in [2.45, 2.75) is 20.3 Å². The number of hydrogen-bond donors (Lipinski definition) is 1. The summed E-state index contributed by atoms with van der Waals surface area (Å²) in [5.41, 5.74) is 2.70. The van der Waals surface area contributed by atoms with Gasteiger partial charge in [-0.1, -0.05) is 36.7 Å². The van der Waals surface area contributed by atoms with E-state index in [9.17, 15) is 9.18 Å². The summed E-state index contributed by atoms with van der Waals surface area (Å²) in [5.74, 6) is -1.09. The van der Waals surface area contributed by atoms with E-state index < -0.39 is 11.7 Å². The van der Waals surface area contributed by atoms with Crippen LogP contribution in [0, 0.1) is 12.7 Å². The maximum atomic E-state index is 13.7. The number of anilines is 1. The summed E-state index contributed by atoms with van der Waals surface area (Å²) in [6.45, 7) is 3.92. The van der Waals surface area contributed by atoms with Gasteiger partial charge in [-0.2, -0.15) is 0 Å². The van der Waals surface area contributed by atoms with E-state index >= 15 is 0 Å². The van der Waals surface area contributed by atoms with Crippen molar-refractivity contribution >= 4 is 23.2 Å². The summed E-state index contributed by atoms with van der Waals surface area (Å²) in [5, 5.41) is 3.05. The number of benzene rings is 2. The highest BCUT2D eigenvalue weighted by Gasteiger charge is 2.14. The molecule has 0 radical (unpaired) electrons. The zero-order chi connectivity index (χ0) is 14.7. The Morgan fingerprint density at radius 1 is 1.30 bits per heavy atom. The first kappa shape index (κ1) is 14.5. The minimum atomic E-state index is -0.623. The van der Waals surface area contributed by atoms with Crippen molar-refractivity contribution in [2.75, 3.05) is 5.32 Å². The molecule has 0 saturated heterocycles. The molecule has 0 aliphatic rings. The number of hydrogen-bond acceptors (Lipinski definition) is 1. The lowest BCUT2D eigenvalue weighted by molar-refractivity contribution is 0.102. The second kappa shape index (κ2) is 6.06. The van der Waals surface area contributed by atoms with Crippen LogP contribution in [0.4, 0.5) is 10.1 Å². The second-order valence-corrected chi connectivity index (χ2v) is 4.98. The molecule has 0 aliphatic heterocycles. The molecule has 0 fully saturated rings. The fourth-order valence-electron chi connectivity index (χ4n) is 2.06. The minimum Gasteiger partial charge on any atom is -0.321 e. The van der Waals surface area contributed by atoms with E-state index in [1.807, 2.05) is 32.0 Å². The van der Waals surface area contributed by atoms with Gasteiger partial charge >= 0.3 is 0 Å². The van der Waals surface area contributed by atoms with Gasteiger partial charge in [-0.3, -0.25) is 4.79 Å². The molecule has 1 N–H and O–H groups in total. The highest BCUT2D eigenvalue weighted by atomic mass is 35.5. The molecule has 20 heavy (non-hydrogen) atoms. The summed E-state index contributed by atoms with van der Waals surface area (Å²) in [7, 11) is 0. The van der Waals surface area contributed by atoms with Gasteiger partial charge in [-0.15, -0.1) is 0 Å². The third-order valence-corrected chi connectivity index (χ3v) is 3.39. The van der Waals surface area contributed by atoms with Gasteiger partial charge < -0.3 is 5.32 Å². The smallest absolute Gasteiger partial charge is 0.258 e. The van der Waals surface area contributed by atoms with E-state index in [0.29, 0.717) is 0 Å². The molecule has 0 heterocycles. The van der Waals surface area contributed by atoms with Crippen LogP contribution in [0.25, 0.3) is 0 Å². The van der Waals surface area contributed by atoms with Crippen LogP contribution in [0.15, 0.2) is 36.4 Å². The first-order valence-corrected chi connectivity index (χ1v) is 6.75. The third-order valence-electron chi connectivity index (χ3n) is 3.15. The van der Waals surface area contributed by atoms with E-state index in [-0.39, 0.29) is 10.6 Å². The fraction of sp³-hybridized carbons (Fsp3) is 0.188. The highest BCUT2D eigenvalue weighted by molar-refractivity contribution is 6.30. The molecule has 0 bridgehead atoms. The molecule has 0 aromatic heterocycles. The number of aryl methyl sites for hydroxylation is 2. The van der Waals surface area contributed by atoms with Crippen LogP contribution in [-0.4, -0.2) is 5.91 Å². The predicted molar refractivity (Wildman–Crippen MR) is 79.9 cm³/mol. The Bertz CT molecular complexity index is 655. The number of rotatable bonds is 3. The quantitative estimate of drug-likeness (QED) is 0.879. The maximum Gasteiger partial charge on any atom is 0.258 e. The van der Waals surface area contributed by atoms with Gasteiger partial charge in [0.25, 0.3) is 5.91 Å². The molecule has 0 saturated carbocycles. The van der Waals surface area contributed by atoms with E-state index in [0.717, 1.165) is 29.3 Å². The second-order valence-electron chi connectivity index (χ2n) is 4.54. The minimum absolute atomic E-state index is 0.0142. The first-order valence-electron chi connectivity index (χ1n) is 6.37. The molecular formula is C16H15ClFNO. The average Bonchev–Trinajstić information content (AvgIpc) is 2.40. The molecule has 2 rings (SSSR count). The van der Waals surface area contributed by atoms with Crippen molar-refractivity contribution in [1.82, 2.24) is 0 Å². The lowest BCUT2D eigenvalue weighted by Crippen LogP contribution is -2.15. The summed E-state index contributed by atoms with van der Waals surface area (Å²) < 4.78 is 13.7. The summed E-state index contributed by atoms with van der Waals surface area (Å²) >= 11 is 5.68. The van der Waals surface area contributed by atoms with Gasteiger partial charge in [-0.05, 0) is 42.7 Å². The molecule has 2 aromatic rings. The topological polar surface area (TPSA) is 29.1 Å². The normalized spacial score (nSPS) is 10.4. The number of carbonyl (C=O) groups is 1. The Kier molecular flexibility index (Phi) is 4.40. The summed E-state index contributed by atoms with van der Waals surface area (Å²) in [6, 6.07) is 9.81. The zero-order valence-electron chi connectivity index (χ0n) is 11.3. The fourth-order valence-corrected chi connectivity index (χ4v) is 2.22. The van der Waals surface area contributed by atoms with Gasteiger partial charge in [0.1, 0.15) is 5.82 Å². The molecule has 2 nitrogen and oxygen atoms in total. The van der Waals surface area contributed by atoms with Crippen LogP contribution in [0.3, 0.4) is 0 Å². The molecule has 0 spiro atoms. The third kappa shape index (κ3) is 2.99. The van der Waals surface area contributed by atoms with Crippen molar-refractivity contribution in [1.29, 1.82) is 0 Å². The molecule has 2 aromatic carbocycles. The Morgan fingerprint density at radius 2 is 2.05 bits per heavy atom. The standard InChI is InChI=1S/C16H15ClFNO/c1-3-11-6-4-5-10(2)15(11)19-16(20)13-8-7-12(17)9-14(13)18/h4-9H,3H2,1-2H3,(H,19,20). The number of amides is 1. The van der Waals surface area contributed by atoms with Crippen molar-refractivity contribution in [2.24, 2.45) is 0 Å². The Balaban J connectivity index is 2.33. The molecule has 4 heteroatoms. The first-order chi connectivity index (χ1) is 9.52. The number of carbonyl (C=O) groups excluding carboxylic acids is 1. The van der Waals surface area contributed by atoms with E-state index in [1.54, 1.807) is 0 Å². The monoisotopic (exact) mass is 291 g/mol. The van der Waals surface area contributed by atoms with Crippen molar-refractivity contribution in [3.8, 4) is 0 Å². The van der Waals surface area contributed by atoms with Crippen LogP contribution in [-0.2, 0) is 6.42 Å². The predicted octanol–water partition coefficient (Wildman–Crippen LogP) is 4.60. The van der Waals surface area contributed by atoms with Gasteiger partial charge in [0.05, 0.1) is 5.56 Å². The Labute approximate surface area is 122 Å². The molecular weight excluding hydrogens is 277 g/mol.